The zero-order valence-corrected chi connectivity index (χ0v) is 14.4. The van der Waals surface area contributed by atoms with Gasteiger partial charge in [0.25, 0.3) is 0 Å². The van der Waals surface area contributed by atoms with Crippen molar-refractivity contribution in [2.24, 2.45) is 0 Å². The topological polar surface area (TPSA) is 74.2 Å². The lowest BCUT2D eigenvalue weighted by Crippen LogP contribution is -2.35. The van der Waals surface area contributed by atoms with Gasteiger partial charge in [0, 0.05) is 29.5 Å². The zero-order chi connectivity index (χ0) is 16.9. The molecule has 0 aliphatic carbocycles. The fourth-order valence-electron chi connectivity index (χ4n) is 3.24. The number of anilines is 2. The quantitative estimate of drug-likeness (QED) is 0.878. The molecule has 128 valence electrons. The van der Waals surface area contributed by atoms with E-state index < -0.39 is 0 Å². The van der Waals surface area contributed by atoms with E-state index in [1.54, 1.807) is 0 Å². The number of aryl methyl sites for hydroxylation is 2. The molecule has 3 rings (SSSR count). The summed E-state index contributed by atoms with van der Waals surface area (Å²) < 4.78 is 0. The second-order valence-corrected chi connectivity index (χ2v) is 6.39. The molecule has 0 aromatic carbocycles. The number of aromatic nitrogens is 3. The molecule has 0 spiro atoms. The van der Waals surface area contributed by atoms with Gasteiger partial charge in [-0.05, 0) is 58.0 Å². The first-order valence-corrected chi connectivity index (χ1v) is 8.53. The lowest BCUT2D eigenvalue weighted by atomic mass is 9.93. The molecule has 2 N–H and O–H groups in total. The molecule has 0 bridgehead atoms. The van der Waals surface area contributed by atoms with Crippen molar-refractivity contribution in [1.82, 2.24) is 19.9 Å². The number of aliphatic hydroxyl groups excluding tert-OH is 1. The number of aliphatic hydroxyl groups is 1. The monoisotopic (exact) mass is 327 g/mol. The number of nitrogens with zero attached hydrogens (tertiary/aromatic N) is 4. The van der Waals surface area contributed by atoms with Gasteiger partial charge in [0.2, 0.25) is 5.95 Å². The van der Waals surface area contributed by atoms with Crippen molar-refractivity contribution in [2.75, 3.05) is 31.6 Å². The molecule has 0 amide bonds. The minimum atomic E-state index is 0.234. The molecule has 1 aliphatic heterocycles. The van der Waals surface area contributed by atoms with Gasteiger partial charge in [-0.1, -0.05) is 6.07 Å². The van der Waals surface area contributed by atoms with Crippen LogP contribution in [0.5, 0.6) is 0 Å². The van der Waals surface area contributed by atoms with E-state index in [0.717, 1.165) is 55.4 Å². The second-order valence-electron chi connectivity index (χ2n) is 6.39. The standard InChI is InChI=1S/C18H25N5O/c1-13-12-14(2)20-18(19-13)22-17-5-3-4-16(21-17)15-6-8-23(9-7-15)10-11-24/h3-5,12,15,24H,6-11H2,1-2H3,(H,19,20,21,22). The summed E-state index contributed by atoms with van der Waals surface area (Å²) in [4.78, 5) is 15.9. The highest BCUT2D eigenvalue weighted by Crippen LogP contribution is 2.27. The predicted molar refractivity (Wildman–Crippen MR) is 94.5 cm³/mol. The van der Waals surface area contributed by atoms with Gasteiger partial charge in [0.1, 0.15) is 5.82 Å². The van der Waals surface area contributed by atoms with Crippen LogP contribution >= 0.6 is 0 Å². The number of β-amino-alcohol motifs (C(OH)–C–C–N with tert-alkyl or cyclic N) is 1. The van der Waals surface area contributed by atoms with Gasteiger partial charge >= 0.3 is 0 Å². The Morgan fingerprint density at radius 2 is 1.83 bits per heavy atom. The Balaban J connectivity index is 1.68. The molecule has 2 aromatic heterocycles. The van der Waals surface area contributed by atoms with Gasteiger partial charge in [-0.25, -0.2) is 15.0 Å². The van der Waals surface area contributed by atoms with Crippen LogP contribution in [-0.4, -0.2) is 51.2 Å². The highest BCUT2D eigenvalue weighted by molar-refractivity contribution is 5.48. The van der Waals surface area contributed by atoms with Crippen molar-refractivity contribution in [3.05, 3.63) is 41.3 Å². The summed E-state index contributed by atoms with van der Waals surface area (Å²) in [6.07, 6.45) is 2.16. The van der Waals surface area contributed by atoms with E-state index in [1.165, 1.54) is 0 Å². The average Bonchev–Trinajstić information content (AvgIpc) is 2.55. The molecule has 0 saturated carbocycles. The van der Waals surface area contributed by atoms with E-state index in [9.17, 15) is 0 Å². The molecule has 0 atom stereocenters. The normalized spacial score (nSPS) is 16.3. The number of hydrogen-bond acceptors (Lipinski definition) is 6. The van der Waals surface area contributed by atoms with E-state index in [2.05, 4.69) is 26.3 Å². The molecule has 6 nitrogen and oxygen atoms in total. The smallest absolute Gasteiger partial charge is 0.228 e. The van der Waals surface area contributed by atoms with Gasteiger partial charge in [-0.2, -0.15) is 0 Å². The predicted octanol–water partition coefficient (Wildman–Crippen LogP) is 2.40. The van der Waals surface area contributed by atoms with E-state index in [4.69, 9.17) is 10.1 Å². The van der Waals surface area contributed by atoms with E-state index in [0.29, 0.717) is 11.9 Å². The van der Waals surface area contributed by atoms with E-state index in [1.807, 2.05) is 32.0 Å². The van der Waals surface area contributed by atoms with Crippen LogP contribution < -0.4 is 5.32 Å². The van der Waals surface area contributed by atoms with Crippen molar-refractivity contribution < 1.29 is 5.11 Å². The van der Waals surface area contributed by atoms with E-state index >= 15 is 0 Å². The van der Waals surface area contributed by atoms with Crippen molar-refractivity contribution in [1.29, 1.82) is 0 Å². The highest BCUT2D eigenvalue weighted by atomic mass is 16.3. The summed E-state index contributed by atoms with van der Waals surface area (Å²) in [5, 5.41) is 12.3. The molecule has 1 aliphatic rings. The minimum absolute atomic E-state index is 0.234. The van der Waals surface area contributed by atoms with Crippen LogP contribution in [0.4, 0.5) is 11.8 Å². The molecule has 6 heteroatoms. The third kappa shape index (κ3) is 4.27. The third-order valence-corrected chi connectivity index (χ3v) is 4.41. The van der Waals surface area contributed by atoms with Crippen molar-refractivity contribution in [3.8, 4) is 0 Å². The second kappa shape index (κ2) is 7.68. The third-order valence-electron chi connectivity index (χ3n) is 4.41. The van der Waals surface area contributed by atoms with Crippen LogP contribution in [0.3, 0.4) is 0 Å². The molecular formula is C18H25N5O. The lowest BCUT2D eigenvalue weighted by molar-refractivity contribution is 0.163. The number of pyridine rings is 1. The van der Waals surface area contributed by atoms with Gasteiger partial charge < -0.3 is 15.3 Å². The summed E-state index contributed by atoms with van der Waals surface area (Å²) in [7, 11) is 0. The summed E-state index contributed by atoms with van der Waals surface area (Å²) in [5.74, 6) is 1.85. The van der Waals surface area contributed by atoms with Crippen LogP contribution in [0, 0.1) is 13.8 Å². The maximum Gasteiger partial charge on any atom is 0.228 e. The Kier molecular flexibility index (Phi) is 5.37. The van der Waals surface area contributed by atoms with Crippen molar-refractivity contribution in [2.45, 2.75) is 32.6 Å². The fourth-order valence-corrected chi connectivity index (χ4v) is 3.24. The summed E-state index contributed by atoms with van der Waals surface area (Å²) in [5.41, 5.74) is 3.00. The van der Waals surface area contributed by atoms with Crippen molar-refractivity contribution in [3.63, 3.8) is 0 Å². The van der Waals surface area contributed by atoms with Crippen LogP contribution in [-0.2, 0) is 0 Å². The summed E-state index contributed by atoms with van der Waals surface area (Å²) in [6, 6.07) is 8.04. The largest absolute Gasteiger partial charge is 0.395 e. The molecule has 24 heavy (non-hydrogen) atoms. The molecular weight excluding hydrogens is 302 g/mol. The SMILES string of the molecule is Cc1cc(C)nc(Nc2cccc(C3CCN(CCO)CC3)n2)n1. The molecule has 1 saturated heterocycles. The molecule has 3 heterocycles. The Labute approximate surface area is 143 Å². The van der Waals surface area contributed by atoms with Gasteiger partial charge in [-0.15, -0.1) is 0 Å². The van der Waals surface area contributed by atoms with E-state index in [-0.39, 0.29) is 6.61 Å². The first-order chi connectivity index (χ1) is 11.6. The maximum atomic E-state index is 9.04. The fraction of sp³-hybridized carbons (Fsp3) is 0.500. The molecule has 1 fully saturated rings. The first-order valence-electron chi connectivity index (χ1n) is 8.53. The lowest BCUT2D eigenvalue weighted by Gasteiger charge is -2.31. The number of nitrogens with one attached hydrogen (secondary N) is 1. The van der Waals surface area contributed by atoms with Gasteiger partial charge in [0.15, 0.2) is 0 Å². The van der Waals surface area contributed by atoms with Crippen LogP contribution in [0.25, 0.3) is 0 Å². The zero-order valence-electron chi connectivity index (χ0n) is 14.4. The first kappa shape index (κ1) is 16.8. The number of piperidine rings is 1. The minimum Gasteiger partial charge on any atom is -0.395 e. The Morgan fingerprint density at radius 3 is 2.50 bits per heavy atom. The van der Waals surface area contributed by atoms with Crippen LogP contribution in [0.1, 0.15) is 35.8 Å². The molecule has 2 aromatic rings. The number of hydrogen-bond donors (Lipinski definition) is 2. The van der Waals surface area contributed by atoms with Crippen LogP contribution in [0.15, 0.2) is 24.3 Å². The van der Waals surface area contributed by atoms with Gasteiger partial charge in [-0.3, -0.25) is 0 Å². The number of rotatable bonds is 5. The molecule has 0 unspecified atom stereocenters. The average molecular weight is 327 g/mol. The Morgan fingerprint density at radius 1 is 1.12 bits per heavy atom. The Hall–Kier alpha value is -2.05. The van der Waals surface area contributed by atoms with Crippen molar-refractivity contribution >= 4 is 11.8 Å². The maximum absolute atomic E-state index is 9.04. The highest BCUT2D eigenvalue weighted by Gasteiger charge is 2.21. The van der Waals surface area contributed by atoms with Gasteiger partial charge in [0.05, 0.1) is 6.61 Å². The van der Waals surface area contributed by atoms with Crippen LogP contribution in [0.2, 0.25) is 0 Å². The number of likely N-dealkylation sites (tertiary alicyclic amines) is 1. The molecule has 0 radical (unpaired) electrons. The summed E-state index contributed by atoms with van der Waals surface area (Å²) >= 11 is 0. The Bertz CT molecular complexity index is 663. The summed E-state index contributed by atoms with van der Waals surface area (Å²) in [6.45, 7) is 6.97.